The first kappa shape index (κ1) is 12.8. The largest absolute Gasteiger partial charge is 0.370 e. The highest BCUT2D eigenvalue weighted by atomic mass is 15.1. The molecule has 96 valence electrons. The van der Waals surface area contributed by atoms with E-state index in [2.05, 4.69) is 54.3 Å². The second kappa shape index (κ2) is 5.83. The minimum Gasteiger partial charge on any atom is -0.370 e. The van der Waals surface area contributed by atoms with Gasteiger partial charge >= 0.3 is 0 Å². The number of hydrogen-bond donors (Lipinski definition) is 2. The Kier molecular flexibility index (Phi) is 4.15. The monoisotopic (exact) mass is 243 g/mol. The summed E-state index contributed by atoms with van der Waals surface area (Å²) in [4.78, 5) is 4.54. The summed E-state index contributed by atoms with van der Waals surface area (Å²) in [6.45, 7) is 10.7. The van der Waals surface area contributed by atoms with Crippen LogP contribution in [0.4, 0.5) is 0 Å². The van der Waals surface area contributed by atoms with E-state index in [0.29, 0.717) is 0 Å². The maximum absolute atomic E-state index is 4.54. The van der Waals surface area contributed by atoms with Gasteiger partial charge in [-0.05, 0) is 30.5 Å². The SMILES string of the molecule is C=CCNC(C1=NCCN1)c1cccc(C)c1C. The van der Waals surface area contributed by atoms with Gasteiger partial charge in [-0.2, -0.15) is 0 Å². The fourth-order valence-electron chi connectivity index (χ4n) is 2.25. The summed E-state index contributed by atoms with van der Waals surface area (Å²) in [5, 5.41) is 6.85. The summed E-state index contributed by atoms with van der Waals surface area (Å²) in [7, 11) is 0. The van der Waals surface area contributed by atoms with Crippen LogP contribution in [0, 0.1) is 13.8 Å². The maximum Gasteiger partial charge on any atom is 0.118 e. The molecule has 0 aromatic heterocycles. The van der Waals surface area contributed by atoms with Crippen LogP contribution in [0.25, 0.3) is 0 Å². The van der Waals surface area contributed by atoms with Gasteiger partial charge in [-0.15, -0.1) is 6.58 Å². The molecule has 1 atom stereocenters. The lowest BCUT2D eigenvalue weighted by molar-refractivity contribution is 0.684. The zero-order chi connectivity index (χ0) is 13.0. The molecule has 0 spiro atoms. The predicted molar refractivity (Wildman–Crippen MR) is 77.2 cm³/mol. The van der Waals surface area contributed by atoms with Crippen LogP contribution in [0.3, 0.4) is 0 Å². The van der Waals surface area contributed by atoms with Crippen molar-refractivity contribution >= 4 is 5.84 Å². The molecule has 1 aromatic rings. The fourth-order valence-corrected chi connectivity index (χ4v) is 2.25. The normalized spacial score (nSPS) is 16.0. The van der Waals surface area contributed by atoms with E-state index in [-0.39, 0.29) is 6.04 Å². The van der Waals surface area contributed by atoms with Gasteiger partial charge in [-0.25, -0.2) is 0 Å². The van der Waals surface area contributed by atoms with E-state index in [0.717, 1.165) is 25.5 Å². The van der Waals surface area contributed by atoms with Gasteiger partial charge in [0.25, 0.3) is 0 Å². The molecule has 0 fully saturated rings. The van der Waals surface area contributed by atoms with Gasteiger partial charge in [0, 0.05) is 13.1 Å². The molecule has 1 heterocycles. The molecule has 0 radical (unpaired) electrons. The molecule has 1 unspecified atom stereocenters. The van der Waals surface area contributed by atoms with Crippen LogP contribution in [-0.4, -0.2) is 25.5 Å². The molecule has 0 amide bonds. The third-order valence-electron chi connectivity index (χ3n) is 3.40. The first-order chi connectivity index (χ1) is 8.74. The average Bonchev–Trinajstić information content (AvgIpc) is 2.88. The molecule has 18 heavy (non-hydrogen) atoms. The fraction of sp³-hybridized carbons (Fsp3) is 0.400. The minimum atomic E-state index is 0.144. The number of nitrogens with one attached hydrogen (secondary N) is 2. The molecule has 2 N–H and O–H groups in total. The Labute approximate surface area is 109 Å². The molecule has 0 saturated heterocycles. The van der Waals surface area contributed by atoms with Crippen LogP contribution in [0.5, 0.6) is 0 Å². The highest BCUT2D eigenvalue weighted by Crippen LogP contribution is 2.22. The molecule has 3 heteroatoms. The smallest absolute Gasteiger partial charge is 0.118 e. The van der Waals surface area contributed by atoms with Gasteiger partial charge in [-0.1, -0.05) is 24.3 Å². The summed E-state index contributed by atoms with van der Waals surface area (Å²) >= 11 is 0. The van der Waals surface area contributed by atoms with Crippen molar-refractivity contribution < 1.29 is 0 Å². The Bertz CT molecular complexity index is 463. The lowest BCUT2D eigenvalue weighted by Gasteiger charge is -2.21. The molecule has 1 aliphatic rings. The number of nitrogens with zero attached hydrogens (tertiary/aromatic N) is 1. The number of rotatable bonds is 5. The lowest BCUT2D eigenvalue weighted by atomic mass is 9.96. The van der Waals surface area contributed by atoms with Crippen molar-refractivity contribution in [3.8, 4) is 0 Å². The first-order valence-electron chi connectivity index (χ1n) is 6.42. The second-order valence-corrected chi connectivity index (χ2v) is 4.61. The van der Waals surface area contributed by atoms with Gasteiger partial charge in [0.15, 0.2) is 0 Å². The van der Waals surface area contributed by atoms with E-state index in [1.54, 1.807) is 0 Å². The Hall–Kier alpha value is -1.61. The highest BCUT2D eigenvalue weighted by molar-refractivity contribution is 5.90. The standard InChI is InChI=1S/C15H21N3/c1-4-8-16-14(15-17-9-10-18-15)13-7-5-6-11(2)12(13)3/h4-7,14,16H,1,8-10H2,2-3H3,(H,17,18). The van der Waals surface area contributed by atoms with Crippen LogP contribution in [0.15, 0.2) is 35.8 Å². The number of benzene rings is 1. The Morgan fingerprint density at radius 2 is 2.33 bits per heavy atom. The molecule has 0 bridgehead atoms. The summed E-state index contributed by atoms with van der Waals surface area (Å²) in [6, 6.07) is 6.57. The van der Waals surface area contributed by atoms with Gasteiger partial charge < -0.3 is 10.6 Å². The molecular formula is C15H21N3. The molecule has 2 rings (SSSR count). The van der Waals surface area contributed by atoms with Crippen LogP contribution >= 0.6 is 0 Å². The van der Waals surface area contributed by atoms with E-state index in [1.807, 2.05) is 6.08 Å². The van der Waals surface area contributed by atoms with Crippen molar-refractivity contribution in [3.05, 3.63) is 47.5 Å². The molecule has 0 saturated carbocycles. The van der Waals surface area contributed by atoms with Crippen LogP contribution in [-0.2, 0) is 0 Å². The summed E-state index contributed by atoms with van der Waals surface area (Å²) < 4.78 is 0. The van der Waals surface area contributed by atoms with E-state index < -0.39 is 0 Å². The summed E-state index contributed by atoms with van der Waals surface area (Å²) in [6.07, 6.45) is 1.88. The van der Waals surface area contributed by atoms with Crippen molar-refractivity contribution in [2.24, 2.45) is 4.99 Å². The van der Waals surface area contributed by atoms with Crippen molar-refractivity contribution in [2.75, 3.05) is 19.6 Å². The average molecular weight is 243 g/mol. The van der Waals surface area contributed by atoms with Crippen molar-refractivity contribution in [1.29, 1.82) is 0 Å². The number of hydrogen-bond acceptors (Lipinski definition) is 3. The minimum absolute atomic E-state index is 0.144. The van der Waals surface area contributed by atoms with Crippen LogP contribution in [0.1, 0.15) is 22.7 Å². The zero-order valence-corrected chi connectivity index (χ0v) is 11.2. The van der Waals surface area contributed by atoms with E-state index in [4.69, 9.17) is 0 Å². The topological polar surface area (TPSA) is 36.4 Å². The Balaban J connectivity index is 2.32. The number of amidine groups is 1. The van der Waals surface area contributed by atoms with E-state index in [9.17, 15) is 0 Å². The van der Waals surface area contributed by atoms with Crippen LogP contribution in [0.2, 0.25) is 0 Å². The third kappa shape index (κ3) is 2.62. The molecule has 1 aromatic carbocycles. The predicted octanol–water partition coefficient (Wildman–Crippen LogP) is 2.12. The molecule has 1 aliphatic heterocycles. The van der Waals surface area contributed by atoms with Crippen molar-refractivity contribution in [2.45, 2.75) is 19.9 Å². The summed E-state index contributed by atoms with van der Waals surface area (Å²) in [5.74, 6) is 1.05. The third-order valence-corrected chi connectivity index (χ3v) is 3.40. The number of aryl methyl sites for hydroxylation is 1. The Morgan fingerprint density at radius 1 is 1.50 bits per heavy atom. The maximum atomic E-state index is 4.54. The molecule has 0 aliphatic carbocycles. The lowest BCUT2D eigenvalue weighted by Crippen LogP contribution is -2.36. The Morgan fingerprint density at radius 3 is 3.00 bits per heavy atom. The van der Waals surface area contributed by atoms with Gasteiger partial charge in [0.1, 0.15) is 5.84 Å². The van der Waals surface area contributed by atoms with Gasteiger partial charge in [0.2, 0.25) is 0 Å². The van der Waals surface area contributed by atoms with Gasteiger partial charge in [0.05, 0.1) is 12.6 Å². The van der Waals surface area contributed by atoms with Crippen molar-refractivity contribution in [1.82, 2.24) is 10.6 Å². The van der Waals surface area contributed by atoms with Gasteiger partial charge in [-0.3, -0.25) is 4.99 Å². The first-order valence-corrected chi connectivity index (χ1v) is 6.42. The zero-order valence-electron chi connectivity index (χ0n) is 11.2. The molecule has 3 nitrogen and oxygen atoms in total. The van der Waals surface area contributed by atoms with E-state index >= 15 is 0 Å². The van der Waals surface area contributed by atoms with Crippen LogP contribution < -0.4 is 10.6 Å². The quantitative estimate of drug-likeness (QED) is 0.777. The highest BCUT2D eigenvalue weighted by Gasteiger charge is 2.21. The number of aliphatic imine (C=N–C) groups is 1. The second-order valence-electron chi connectivity index (χ2n) is 4.61. The molecular weight excluding hydrogens is 222 g/mol. The summed E-state index contributed by atoms with van der Waals surface area (Å²) in [5.41, 5.74) is 3.94. The van der Waals surface area contributed by atoms with Crippen molar-refractivity contribution in [3.63, 3.8) is 0 Å². The van der Waals surface area contributed by atoms with E-state index in [1.165, 1.54) is 16.7 Å².